The highest BCUT2D eigenvalue weighted by Gasteiger charge is 2.05. The molecule has 0 aliphatic heterocycles. The Morgan fingerprint density at radius 1 is 1.40 bits per heavy atom. The Morgan fingerprint density at radius 2 is 2.10 bits per heavy atom. The summed E-state index contributed by atoms with van der Waals surface area (Å²) in [6.45, 7) is 0. The van der Waals surface area contributed by atoms with E-state index < -0.39 is 6.43 Å². The van der Waals surface area contributed by atoms with Gasteiger partial charge in [0.15, 0.2) is 0 Å². The molecule has 0 N–H and O–H groups in total. The van der Waals surface area contributed by atoms with Crippen LogP contribution in [0.25, 0.3) is 0 Å². The monoisotopic (exact) mass is 163 g/mol. The largest absolute Gasteiger partial charge is 0.265 e. The molecule has 0 aliphatic carbocycles. The van der Waals surface area contributed by atoms with Gasteiger partial charge in [-0.1, -0.05) is 11.6 Å². The molecule has 0 fully saturated rings. The Bertz CT molecular complexity index is 209. The van der Waals surface area contributed by atoms with Gasteiger partial charge in [0.25, 0.3) is 6.43 Å². The van der Waals surface area contributed by atoms with E-state index >= 15 is 0 Å². The van der Waals surface area contributed by atoms with Crippen LogP contribution in [0.5, 0.6) is 0 Å². The van der Waals surface area contributed by atoms with Crippen molar-refractivity contribution in [2.45, 2.75) is 6.43 Å². The topological polar surface area (TPSA) is 12.9 Å². The van der Waals surface area contributed by atoms with Crippen LogP contribution in [0.15, 0.2) is 18.3 Å². The van der Waals surface area contributed by atoms with Crippen LogP contribution in [-0.4, -0.2) is 4.98 Å². The number of hydrogen-bond acceptors (Lipinski definition) is 1. The molecule has 0 unspecified atom stereocenters. The minimum Gasteiger partial charge on any atom is -0.244 e. The first-order chi connectivity index (χ1) is 4.70. The third kappa shape index (κ3) is 1.64. The second-order valence-corrected chi connectivity index (χ2v) is 2.10. The second-order valence-electron chi connectivity index (χ2n) is 1.71. The van der Waals surface area contributed by atoms with Crippen molar-refractivity contribution in [3.8, 4) is 0 Å². The molecule has 54 valence electrons. The van der Waals surface area contributed by atoms with E-state index in [9.17, 15) is 8.78 Å². The van der Waals surface area contributed by atoms with Crippen LogP contribution in [0, 0.1) is 0 Å². The summed E-state index contributed by atoms with van der Waals surface area (Å²) in [5, 5.41) is 0.226. The summed E-state index contributed by atoms with van der Waals surface area (Å²) in [4.78, 5) is 3.49. The molecule has 0 aliphatic rings. The van der Waals surface area contributed by atoms with Crippen LogP contribution in [0.1, 0.15) is 12.0 Å². The number of alkyl halides is 2. The summed E-state index contributed by atoms with van der Waals surface area (Å²) in [5.41, 5.74) is -0.107. The number of nitrogens with zero attached hydrogens (tertiary/aromatic N) is 1. The van der Waals surface area contributed by atoms with Crippen molar-refractivity contribution >= 4 is 11.6 Å². The first-order valence-corrected chi connectivity index (χ1v) is 2.97. The zero-order valence-corrected chi connectivity index (χ0v) is 5.65. The van der Waals surface area contributed by atoms with E-state index in [2.05, 4.69) is 4.98 Å². The fraction of sp³-hybridized carbons (Fsp3) is 0.167. The Kier molecular flexibility index (Phi) is 2.17. The van der Waals surface area contributed by atoms with Gasteiger partial charge < -0.3 is 0 Å². The smallest absolute Gasteiger partial charge is 0.244 e. The molecule has 1 aromatic rings. The predicted molar refractivity (Wildman–Crippen MR) is 34.2 cm³/mol. The van der Waals surface area contributed by atoms with Gasteiger partial charge in [0, 0.05) is 11.8 Å². The first kappa shape index (κ1) is 7.41. The normalized spacial score (nSPS) is 10.4. The van der Waals surface area contributed by atoms with Gasteiger partial charge in [-0.3, -0.25) is 0 Å². The highest BCUT2D eigenvalue weighted by molar-refractivity contribution is 6.29. The number of aromatic nitrogens is 1. The summed E-state index contributed by atoms with van der Waals surface area (Å²) < 4.78 is 23.6. The van der Waals surface area contributed by atoms with E-state index in [1.807, 2.05) is 0 Å². The molecule has 1 aromatic heterocycles. The lowest BCUT2D eigenvalue weighted by atomic mass is 10.3. The van der Waals surface area contributed by atoms with E-state index in [0.717, 1.165) is 6.20 Å². The predicted octanol–water partition coefficient (Wildman–Crippen LogP) is 2.67. The fourth-order valence-electron chi connectivity index (χ4n) is 0.516. The molecule has 0 saturated carbocycles. The lowest BCUT2D eigenvalue weighted by molar-refractivity contribution is 0.151. The van der Waals surface area contributed by atoms with Crippen molar-refractivity contribution in [2.75, 3.05) is 0 Å². The molecule has 0 spiro atoms. The molecular weight excluding hydrogens is 160 g/mol. The molecule has 0 aromatic carbocycles. The molecule has 10 heavy (non-hydrogen) atoms. The van der Waals surface area contributed by atoms with Crippen LogP contribution in [-0.2, 0) is 0 Å². The standard InChI is InChI=1S/C6H4ClF2N/c7-5-2-1-4(3-10-5)6(8)9/h1-3,6H. The molecule has 1 nitrogen and oxygen atoms in total. The summed E-state index contributed by atoms with van der Waals surface area (Å²) in [7, 11) is 0. The van der Waals surface area contributed by atoms with Gasteiger partial charge in [0.1, 0.15) is 5.15 Å². The van der Waals surface area contributed by atoms with E-state index in [1.165, 1.54) is 12.1 Å². The molecular formula is C6H4ClF2N. The van der Waals surface area contributed by atoms with Gasteiger partial charge in [-0.2, -0.15) is 0 Å². The van der Waals surface area contributed by atoms with Crippen molar-refractivity contribution in [2.24, 2.45) is 0 Å². The third-order valence-corrected chi connectivity index (χ3v) is 1.23. The zero-order chi connectivity index (χ0) is 7.56. The van der Waals surface area contributed by atoms with Crippen LogP contribution in [0.4, 0.5) is 8.78 Å². The fourth-order valence-corrected chi connectivity index (χ4v) is 0.628. The van der Waals surface area contributed by atoms with Gasteiger partial charge in [0.2, 0.25) is 0 Å². The van der Waals surface area contributed by atoms with Gasteiger partial charge in [-0.15, -0.1) is 0 Å². The van der Waals surface area contributed by atoms with Gasteiger partial charge in [0.05, 0.1) is 0 Å². The molecule has 1 rings (SSSR count). The average Bonchev–Trinajstić information content (AvgIpc) is 1.88. The third-order valence-electron chi connectivity index (χ3n) is 1.00. The van der Waals surface area contributed by atoms with E-state index in [0.29, 0.717) is 0 Å². The lowest BCUT2D eigenvalue weighted by Crippen LogP contribution is -1.84. The van der Waals surface area contributed by atoms with Crippen molar-refractivity contribution in [1.29, 1.82) is 0 Å². The molecule has 0 radical (unpaired) electrons. The Balaban J connectivity index is 2.89. The highest BCUT2D eigenvalue weighted by atomic mass is 35.5. The molecule has 0 atom stereocenters. The zero-order valence-electron chi connectivity index (χ0n) is 4.89. The molecule has 1 heterocycles. The van der Waals surface area contributed by atoms with Crippen molar-refractivity contribution in [3.05, 3.63) is 29.0 Å². The quantitative estimate of drug-likeness (QED) is 0.580. The molecule has 0 amide bonds. The summed E-state index contributed by atoms with van der Waals surface area (Å²) in [5.74, 6) is 0. The van der Waals surface area contributed by atoms with Crippen LogP contribution < -0.4 is 0 Å². The molecule has 0 saturated heterocycles. The van der Waals surface area contributed by atoms with E-state index in [-0.39, 0.29) is 10.7 Å². The van der Waals surface area contributed by atoms with Crippen molar-refractivity contribution in [3.63, 3.8) is 0 Å². The molecule has 4 heteroatoms. The Hall–Kier alpha value is -0.700. The highest BCUT2D eigenvalue weighted by Crippen LogP contribution is 2.17. The van der Waals surface area contributed by atoms with Gasteiger partial charge >= 0.3 is 0 Å². The first-order valence-electron chi connectivity index (χ1n) is 2.60. The maximum Gasteiger partial charge on any atom is 0.265 e. The maximum atomic E-state index is 11.8. The van der Waals surface area contributed by atoms with E-state index in [1.54, 1.807) is 0 Å². The number of pyridine rings is 1. The van der Waals surface area contributed by atoms with Crippen molar-refractivity contribution in [1.82, 2.24) is 4.98 Å². The van der Waals surface area contributed by atoms with Crippen LogP contribution in [0.3, 0.4) is 0 Å². The number of halogens is 3. The minimum absolute atomic E-state index is 0.107. The summed E-state index contributed by atoms with van der Waals surface area (Å²) in [6.07, 6.45) is -1.41. The van der Waals surface area contributed by atoms with Gasteiger partial charge in [-0.25, -0.2) is 13.8 Å². The Labute approximate surface area is 61.7 Å². The minimum atomic E-state index is -2.47. The van der Waals surface area contributed by atoms with E-state index in [4.69, 9.17) is 11.6 Å². The second kappa shape index (κ2) is 2.92. The van der Waals surface area contributed by atoms with Crippen LogP contribution >= 0.6 is 11.6 Å². The van der Waals surface area contributed by atoms with Crippen LogP contribution in [0.2, 0.25) is 5.15 Å². The lowest BCUT2D eigenvalue weighted by Gasteiger charge is -1.95. The summed E-state index contributed by atoms with van der Waals surface area (Å²) >= 11 is 5.36. The average molecular weight is 164 g/mol. The Morgan fingerprint density at radius 3 is 2.50 bits per heavy atom. The summed E-state index contributed by atoms with van der Waals surface area (Å²) in [6, 6.07) is 2.59. The maximum absolute atomic E-state index is 11.8. The molecule has 0 bridgehead atoms. The number of rotatable bonds is 1. The van der Waals surface area contributed by atoms with Gasteiger partial charge in [-0.05, 0) is 12.1 Å². The van der Waals surface area contributed by atoms with Crippen molar-refractivity contribution < 1.29 is 8.78 Å². The SMILES string of the molecule is FC(F)c1ccc(Cl)nc1. The number of hydrogen-bond donors (Lipinski definition) is 0.